The van der Waals surface area contributed by atoms with Gasteiger partial charge in [0.05, 0.1) is 10.2 Å². The van der Waals surface area contributed by atoms with E-state index in [0.29, 0.717) is 12.8 Å². The Morgan fingerprint density at radius 3 is 2.26 bits per heavy atom. The first-order valence-corrected chi connectivity index (χ1v) is 8.52. The van der Waals surface area contributed by atoms with Gasteiger partial charge in [-0.3, -0.25) is 14.9 Å². The molecule has 1 N–H and O–H groups in total. The second-order valence-corrected chi connectivity index (χ2v) is 7.33. The summed E-state index contributed by atoms with van der Waals surface area (Å²) in [6, 6.07) is 0.862. The monoisotopic (exact) mass is 346 g/mol. The van der Waals surface area contributed by atoms with Gasteiger partial charge in [0.1, 0.15) is 0 Å². The molecule has 0 amide bonds. The average molecular weight is 346 g/mol. The van der Waals surface area contributed by atoms with E-state index in [2.05, 4.69) is 13.8 Å². The third-order valence-corrected chi connectivity index (χ3v) is 5.25. The van der Waals surface area contributed by atoms with Crippen LogP contribution in [0.1, 0.15) is 38.8 Å². The van der Waals surface area contributed by atoms with Gasteiger partial charge >= 0.3 is 17.3 Å². The SMILES string of the molecule is CCC.Cc1cc(S(=O)(=O)C2CC2)c([N+](=O)[O-])c(=O)n1C(=O)O. The van der Waals surface area contributed by atoms with Gasteiger partial charge in [0.25, 0.3) is 0 Å². The van der Waals surface area contributed by atoms with E-state index in [1.54, 1.807) is 0 Å². The van der Waals surface area contributed by atoms with Gasteiger partial charge in [-0.2, -0.15) is 0 Å². The highest BCUT2D eigenvalue weighted by Crippen LogP contribution is 2.36. The maximum absolute atomic E-state index is 12.1. The summed E-state index contributed by atoms with van der Waals surface area (Å²) in [5, 5.41) is 19.1. The molecule has 0 aromatic carbocycles. The van der Waals surface area contributed by atoms with E-state index in [0.717, 1.165) is 6.07 Å². The average Bonchev–Trinajstić information content (AvgIpc) is 3.22. The minimum absolute atomic E-state index is 0.157. The predicted molar refractivity (Wildman–Crippen MR) is 81.7 cm³/mol. The third-order valence-electron chi connectivity index (χ3n) is 2.98. The zero-order valence-electron chi connectivity index (χ0n) is 13.0. The summed E-state index contributed by atoms with van der Waals surface area (Å²) in [4.78, 5) is 31.9. The van der Waals surface area contributed by atoms with Gasteiger partial charge in [0.15, 0.2) is 14.7 Å². The van der Waals surface area contributed by atoms with Gasteiger partial charge in [-0.05, 0) is 25.8 Å². The number of hydrogen-bond acceptors (Lipinski definition) is 6. The van der Waals surface area contributed by atoms with Crippen molar-refractivity contribution in [1.82, 2.24) is 4.57 Å². The molecule has 0 saturated heterocycles. The standard InChI is InChI=1S/C10H10N2O7S.C3H8/c1-5-4-7(20(18,19)6-2-3-6)8(12(16)17)9(13)11(5)10(14)15;1-3-2/h4,6H,2-3H2,1H3,(H,14,15);3H2,1-2H3. The van der Waals surface area contributed by atoms with Crippen LogP contribution < -0.4 is 5.56 Å². The van der Waals surface area contributed by atoms with Gasteiger partial charge in [-0.25, -0.2) is 17.8 Å². The molecule has 0 unspecified atom stereocenters. The van der Waals surface area contributed by atoms with Crippen molar-refractivity contribution in [3.05, 3.63) is 32.2 Å². The summed E-state index contributed by atoms with van der Waals surface area (Å²) >= 11 is 0. The van der Waals surface area contributed by atoms with Crippen LogP contribution >= 0.6 is 0 Å². The van der Waals surface area contributed by atoms with Gasteiger partial charge < -0.3 is 5.11 Å². The maximum atomic E-state index is 12.1. The quantitative estimate of drug-likeness (QED) is 0.652. The van der Waals surface area contributed by atoms with Gasteiger partial charge in [0.2, 0.25) is 0 Å². The number of carboxylic acid groups (broad SMARTS) is 1. The lowest BCUT2D eigenvalue weighted by molar-refractivity contribution is -0.389. The zero-order chi connectivity index (χ0) is 17.9. The molecule has 1 fully saturated rings. The predicted octanol–water partition coefficient (Wildman–Crippen LogP) is 1.94. The largest absolute Gasteiger partial charge is 0.464 e. The molecule has 23 heavy (non-hydrogen) atoms. The fourth-order valence-electron chi connectivity index (χ4n) is 1.87. The summed E-state index contributed by atoms with van der Waals surface area (Å²) in [5.74, 6) is 0. The van der Waals surface area contributed by atoms with Crippen LogP contribution in [0.25, 0.3) is 0 Å². The lowest BCUT2D eigenvalue weighted by atomic mass is 10.3. The maximum Gasteiger partial charge on any atom is 0.418 e. The molecule has 2 rings (SSSR count). The number of nitrogens with zero attached hydrogens (tertiary/aromatic N) is 2. The molecule has 10 heteroatoms. The summed E-state index contributed by atoms with van der Waals surface area (Å²) in [6.07, 6.45) is 0.298. The lowest BCUT2D eigenvalue weighted by Crippen LogP contribution is -2.31. The number of aryl methyl sites for hydroxylation is 1. The van der Waals surface area contributed by atoms with Crippen molar-refractivity contribution in [3.63, 3.8) is 0 Å². The highest BCUT2D eigenvalue weighted by Gasteiger charge is 2.42. The van der Waals surface area contributed by atoms with Crippen LogP contribution in [0.4, 0.5) is 10.5 Å². The number of sulfone groups is 1. The number of hydrogen-bond donors (Lipinski definition) is 1. The fraction of sp³-hybridized carbons (Fsp3) is 0.538. The van der Waals surface area contributed by atoms with E-state index in [4.69, 9.17) is 5.11 Å². The topological polar surface area (TPSA) is 137 Å². The molecule has 9 nitrogen and oxygen atoms in total. The number of carbonyl (C=O) groups is 1. The number of rotatable bonds is 3. The number of pyridine rings is 1. The van der Waals surface area contributed by atoms with Crippen LogP contribution in [0.5, 0.6) is 0 Å². The molecule has 0 radical (unpaired) electrons. The van der Waals surface area contributed by atoms with Crippen LogP contribution in [0.15, 0.2) is 15.8 Å². The molecular formula is C13H18N2O7S. The van der Waals surface area contributed by atoms with E-state index in [1.807, 2.05) is 0 Å². The Bertz CT molecular complexity index is 791. The zero-order valence-corrected chi connectivity index (χ0v) is 13.8. The van der Waals surface area contributed by atoms with E-state index >= 15 is 0 Å². The van der Waals surface area contributed by atoms with Crippen molar-refractivity contribution in [2.75, 3.05) is 0 Å². The Morgan fingerprint density at radius 2 is 1.91 bits per heavy atom. The van der Waals surface area contributed by atoms with Gasteiger partial charge in [0, 0.05) is 5.69 Å². The summed E-state index contributed by atoms with van der Waals surface area (Å²) in [7, 11) is -3.98. The molecule has 0 bridgehead atoms. The normalized spacial score (nSPS) is 13.9. The fourth-order valence-corrected chi connectivity index (χ4v) is 3.76. The smallest absolute Gasteiger partial charge is 0.418 e. The molecule has 0 spiro atoms. The second-order valence-electron chi connectivity index (χ2n) is 5.13. The molecule has 1 heterocycles. The van der Waals surface area contributed by atoms with E-state index < -0.39 is 42.2 Å². The van der Waals surface area contributed by atoms with Gasteiger partial charge in [-0.1, -0.05) is 20.3 Å². The van der Waals surface area contributed by atoms with E-state index in [9.17, 15) is 28.1 Å². The summed E-state index contributed by atoms with van der Waals surface area (Å²) in [5.41, 5.74) is -2.86. The Morgan fingerprint density at radius 1 is 1.43 bits per heavy atom. The molecule has 0 atom stereocenters. The van der Waals surface area contributed by atoms with Crippen molar-refractivity contribution >= 4 is 21.6 Å². The molecule has 1 aromatic rings. The van der Waals surface area contributed by atoms with Crippen LogP contribution in [-0.2, 0) is 9.84 Å². The van der Waals surface area contributed by atoms with Crippen molar-refractivity contribution < 1.29 is 23.2 Å². The number of aromatic nitrogens is 1. The number of nitro groups is 1. The Labute approximate surface area is 132 Å². The lowest BCUT2D eigenvalue weighted by Gasteiger charge is -2.08. The minimum atomic E-state index is -3.98. The molecule has 1 aromatic heterocycles. The molecule has 1 saturated carbocycles. The van der Waals surface area contributed by atoms with Crippen molar-refractivity contribution in [3.8, 4) is 0 Å². The van der Waals surface area contributed by atoms with Crippen LogP contribution in [0.3, 0.4) is 0 Å². The molecular weight excluding hydrogens is 328 g/mol. The second kappa shape index (κ2) is 6.90. The first-order valence-electron chi connectivity index (χ1n) is 6.97. The highest BCUT2D eigenvalue weighted by atomic mass is 32.2. The minimum Gasteiger partial charge on any atom is -0.464 e. The summed E-state index contributed by atoms with van der Waals surface area (Å²) < 4.78 is 24.4. The van der Waals surface area contributed by atoms with E-state index in [1.165, 1.54) is 13.3 Å². The Hall–Kier alpha value is -2.23. The highest BCUT2D eigenvalue weighted by molar-refractivity contribution is 7.92. The van der Waals surface area contributed by atoms with Crippen molar-refractivity contribution in [1.29, 1.82) is 0 Å². The molecule has 1 aliphatic rings. The van der Waals surface area contributed by atoms with Crippen LogP contribution in [0, 0.1) is 17.0 Å². The van der Waals surface area contributed by atoms with Gasteiger partial charge in [-0.15, -0.1) is 0 Å². The van der Waals surface area contributed by atoms with Crippen LogP contribution in [-0.4, -0.2) is 34.4 Å². The summed E-state index contributed by atoms with van der Waals surface area (Å²) in [6.45, 7) is 5.45. The van der Waals surface area contributed by atoms with Crippen molar-refractivity contribution in [2.45, 2.75) is 50.2 Å². The molecule has 0 aliphatic heterocycles. The van der Waals surface area contributed by atoms with Crippen LogP contribution in [0.2, 0.25) is 0 Å². The third kappa shape index (κ3) is 3.76. The molecule has 128 valence electrons. The van der Waals surface area contributed by atoms with E-state index in [-0.39, 0.29) is 10.3 Å². The first-order chi connectivity index (χ1) is 10.6. The Balaban J connectivity index is 0.000000816. The van der Waals surface area contributed by atoms with Crippen molar-refractivity contribution in [2.24, 2.45) is 0 Å². The Kier molecular flexibility index (Phi) is 5.65. The molecule has 1 aliphatic carbocycles. The first kappa shape index (κ1) is 18.8.